The van der Waals surface area contributed by atoms with Crippen LogP contribution in [0.5, 0.6) is 0 Å². The fourth-order valence-corrected chi connectivity index (χ4v) is 7.11. The average Bonchev–Trinajstić information content (AvgIpc) is 3.54. The van der Waals surface area contributed by atoms with E-state index in [0.717, 1.165) is 16.7 Å². The van der Waals surface area contributed by atoms with Gasteiger partial charge >= 0.3 is 18.3 Å². The Bertz CT molecular complexity index is 2700. The Morgan fingerprint density at radius 2 is 1.17 bits per heavy atom. The molecule has 6 aromatic rings. The van der Waals surface area contributed by atoms with Crippen LogP contribution < -0.4 is 10.6 Å². The Morgan fingerprint density at radius 3 is 1.55 bits per heavy atom. The van der Waals surface area contributed by atoms with Crippen molar-refractivity contribution in [2.45, 2.75) is 58.1 Å². The smallest absolute Gasteiger partial charge is 0.390 e. The van der Waals surface area contributed by atoms with Gasteiger partial charge in [-0.1, -0.05) is 42.5 Å². The van der Waals surface area contributed by atoms with Gasteiger partial charge in [0.25, 0.3) is 0 Å². The summed E-state index contributed by atoms with van der Waals surface area (Å²) in [5.74, 6) is -1.29. The zero-order chi connectivity index (χ0) is 46.3. The van der Waals surface area contributed by atoms with E-state index in [9.17, 15) is 45.4 Å². The molecule has 7 rings (SSSR count). The summed E-state index contributed by atoms with van der Waals surface area (Å²) in [6.07, 6.45) is 2.34. The van der Waals surface area contributed by atoms with Crippen molar-refractivity contribution in [2.24, 2.45) is 5.92 Å². The molecule has 0 saturated heterocycles. The molecule has 4 heterocycles. The van der Waals surface area contributed by atoms with E-state index in [4.69, 9.17) is 10.2 Å². The van der Waals surface area contributed by atoms with E-state index in [-0.39, 0.29) is 50.0 Å². The topological polar surface area (TPSA) is 153 Å². The number of rotatable bonds is 16. The second-order valence-corrected chi connectivity index (χ2v) is 15.3. The third-order valence-electron chi connectivity index (χ3n) is 10.4. The second-order valence-electron chi connectivity index (χ2n) is 15.3. The molecule has 338 valence electrons. The van der Waals surface area contributed by atoms with Crippen LogP contribution in [0.2, 0.25) is 0 Å². The predicted octanol–water partition coefficient (Wildman–Crippen LogP) is 9.99. The number of aliphatic hydroxyl groups is 2. The van der Waals surface area contributed by atoms with Gasteiger partial charge in [0.1, 0.15) is 6.17 Å². The number of carbonyl (C=O) groups is 2. The van der Waals surface area contributed by atoms with Gasteiger partial charge in [0.15, 0.2) is 17.1 Å². The first-order valence-corrected chi connectivity index (χ1v) is 20.2. The summed E-state index contributed by atoms with van der Waals surface area (Å²) in [6, 6.07) is 13.6. The molecular weight excluding hydrogens is 850 g/mol. The summed E-state index contributed by atoms with van der Waals surface area (Å²) < 4.78 is 92.1. The van der Waals surface area contributed by atoms with Gasteiger partial charge in [-0.3, -0.25) is 13.6 Å². The number of alkyl halides is 7. The summed E-state index contributed by atoms with van der Waals surface area (Å²) in [6.45, 7) is 2.55. The lowest BCUT2D eigenvalue weighted by atomic mass is 9.98. The van der Waals surface area contributed by atoms with Crippen molar-refractivity contribution in [1.82, 2.24) is 18.8 Å². The SMILES string of the molecule is Cc1cc(-c2cnc3c(NCCC(F)(F)F)cc(/C=C\CO)cn23)ccc1C(=O)CC1C[C@H]1F.Cc1cc(-c2cnc3c(NCCC(F)(F)F)cc(/C=C\CO)cn23)ccc1C(=O)O. The number of aryl methyl sites for hydroxylation is 2. The fourth-order valence-electron chi connectivity index (χ4n) is 7.11. The molecule has 64 heavy (non-hydrogen) atoms. The minimum atomic E-state index is -4.28. The van der Waals surface area contributed by atoms with Crippen LogP contribution in [0, 0.1) is 19.8 Å². The van der Waals surface area contributed by atoms with Gasteiger partial charge in [0.05, 0.1) is 66.8 Å². The molecule has 1 aliphatic carbocycles. The van der Waals surface area contributed by atoms with E-state index in [2.05, 4.69) is 20.6 Å². The van der Waals surface area contributed by atoms with Gasteiger partial charge in [0.2, 0.25) is 0 Å². The molecule has 0 bridgehead atoms. The van der Waals surface area contributed by atoms with Crippen molar-refractivity contribution in [3.8, 4) is 22.5 Å². The van der Waals surface area contributed by atoms with Gasteiger partial charge < -0.3 is 26.0 Å². The third kappa shape index (κ3) is 11.9. The Morgan fingerprint density at radius 1 is 0.734 bits per heavy atom. The lowest BCUT2D eigenvalue weighted by Crippen LogP contribution is -2.15. The zero-order valence-electron chi connectivity index (χ0n) is 34.6. The Balaban J connectivity index is 0.000000214. The first-order valence-electron chi connectivity index (χ1n) is 20.2. The number of nitrogens with zero attached hydrogens (tertiary/aromatic N) is 4. The number of Topliss-reactive ketones (excluding diaryl/α,β-unsaturated/α-hetero) is 1. The fraction of sp³-hybridized carbons (Fsp3) is 0.304. The van der Waals surface area contributed by atoms with Crippen molar-refractivity contribution in [2.75, 3.05) is 36.9 Å². The summed E-state index contributed by atoms with van der Waals surface area (Å²) in [5.41, 5.74) is 8.00. The first-order chi connectivity index (χ1) is 30.3. The number of hydrogen-bond donors (Lipinski definition) is 5. The number of carbonyl (C=O) groups excluding carboxylic acids is 1. The molecule has 18 heteroatoms. The van der Waals surface area contributed by atoms with Crippen LogP contribution in [-0.4, -0.2) is 90.7 Å². The van der Waals surface area contributed by atoms with Crippen LogP contribution in [0.25, 0.3) is 46.0 Å². The number of halogens is 7. The summed E-state index contributed by atoms with van der Waals surface area (Å²) in [5, 5.41) is 33.0. The minimum absolute atomic E-state index is 0.0834. The summed E-state index contributed by atoms with van der Waals surface area (Å²) in [7, 11) is 0. The Kier molecular flexibility index (Phi) is 14.6. The van der Waals surface area contributed by atoms with Crippen molar-refractivity contribution in [1.29, 1.82) is 0 Å². The highest BCUT2D eigenvalue weighted by molar-refractivity contribution is 5.98. The maximum Gasteiger partial charge on any atom is 0.390 e. The van der Waals surface area contributed by atoms with Gasteiger partial charge in [0, 0.05) is 54.5 Å². The molecule has 1 saturated carbocycles. The van der Waals surface area contributed by atoms with Crippen LogP contribution in [0.15, 0.2) is 85.5 Å². The Labute approximate surface area is 362 Å². The highest BCUT2D eigenvalue weighted by Gasteiger charge is 2.39. The minimum Gasteiger partial charge on any atom is -0.478 e. The van der Waals surface area contributed by atoms with Crippen molar-refractivity contribution < 1.29 is 55.6 Å². The lowest BCUT2D eigenvalue weighted by Gasteiger charge is -2.12. The van der Waals surface area contributed by atoms with E-state index in [1.807, 2.05) is 13.0 Å². The second kappa shape index (κ2) is 19.9. The molecule has 2 atom stereocenters. The zero-order valence-corrected chi connectivity index (χ0v) is 34.6. The van der Waals surface area contributed by atoms with Crippen molar-refractivity contribution in [3.63, 3.8) is 0 Å². The van der Waals surface area contributed by atoms with E-state index >= 15 is 0 Å². The molecule has 4 aromatic heterocycles. The van der Waals surface area contributed by atoms with Gasteiger partial charge in [-0.2, -0.15) is 26.3 Å². The van der Waals surface area contributed by atoms with E-state index < -0.39 is 37.3 Å². The molecule has 0 spiro atoms. The number of nitrogens with one attached hydrogen (secondary N) is 2. The molecule has 5 N–H and O–H groups in total. The molecule has 11 nitrogen and oxygen atoms in total. The highest BCUT2D eigenvalue weighted by Crippen LogP contribution is 2.38. The number of anilines is 2. The van der Waals surface area contributed by atoms with Gasteiger partial charge in [-0.15, -0.1) is 0 Å². The number of aromatic carboxylic acids is 1. The van der Waals surface area contributed by atoms with Crippen molar-refractivity contribution in [3.05, 3.63) is 119 Å². The molecule has 1 aliphatic rings. The number of ketones is 1. The average molecular weight is 895 g/mol. The molecule has 1 fully saturated rings. The number of aliphatic hydroxyl groups excluding tert-OH is 2. The summed E-state index contributed by atoms with van der Waals surface area (Å²) in [4.78, 5) is 32.6. The maximum absolute atomic E-state index is 13.2. The van der Waals surface area contributed by atoms with Gasteiger partial charge in [-0.05, 0) is 72.9 Å². The quantitative estimate of drug-likeness (QED) is 0.0472. The van der Waals surface area contributed by atoms with Gasteiger partial charge in [-0.25, -0.2) is 19.2 Å². The van der Waals surface area contributed by atoms with Crippen LogP contribution in [0.4, 0.5) is 42.1 Å². The van der Waals surface area contributed by atoms with E-state index in [1.54, 1.807) is 89.1 Å². The largest absolute Gasteiger partial charge is 0.478 e. The number of carboxylic acids is 1. The van der Waals surface area contributed by atoms with Crippen LogP contribution in [-0.2, 0) is 0 Å². The molecule has 0 radical (unpaired) electrons. The number of carboxylic acid groups (broad SMARTS) is 1. The highest BCUT2D eigenvalue weighted by atomic mass is 19.4. The molecule has 1 unspecified atom stereocenters. The van der Waals surface area contributed by atoms with E-state index in [1.165, 1.54) is 18.2 Å². The van der Waals surface area contributed by atoms with Crippen LogP contribution in [0.3, 0.4) is 0 Å². The molecule has 2 aromatic carbocycles. The number of hydrogen-bond acceptors (Lipinski definition) is 8. The normalized spacial score (nSPS) is 15.2. The number of aromatic nitrogens is 4. The maximum atomic E-state index is 13.2. The van der Waals surface area contributed by atoms with E-state index in [0.29, 0.717) is 62.7 Å². The molecule has 0 aliphatic heterocycles. The standard InChI is InChI=1S/C25H25F4N3O2.C21H20F3N3O3/c1-15-9-17(4-5-19(15)23(34)12-18-11-20(18)26)22-13-31-24-21(30-7-6-25(27,28)29)10-16(3-2-8-33)14-32(22)24;1-13-9-15(4-5-16(13)20(29)30)18-11-26-19-17(25-7-6-21(22,23)24)10-14(3-2-8-28)12-27(18)19/h2-5,9-10,13-14,18,20,30,33H,6-8,11-12H2,1H3;2-5,9-12,25,28H,6-8H2,1H3,(H,29,30)/b2*3-2-/t18?,20-;/m1./s1. The predicted molar refractivity (Wildman–Crippen MR) is 230 cm³/mol. The number of fused-ring (bicyclic) bond motifs is 2. The summed E-state index contributed by atoms with van der Waals surface area (Å²) >= 11 is 0. The van der Waals surface area contributed by atoms with Crippen LogP contribution >= 0.6 is 0 Å². The number of imidazole rings is 2. The first kappa shape index (κ1) is 47.0. The number of benzene rings is 2. The third-order valence-corrected chi connectivity index (χ3v) is 10.4. The Hall–Kier alpha value is -6.53. The van der Waals surface area contributed by atoms with Crippen LogP contribution in [0.1, 0.15) is 68.7 Å². The monoisotopic (exact) mass is 894 g/mol. The van der Waals surface area contributed by atoms with Crippen molar-refractivity contribution >= 4 is 46.6 Å². The lowest BCUT2D eigenvalue weighted by molar-refractivity contribution is -0.132. The number of pyridine rings is 2. The molecule has 0 amide bonds. The molecular formula is C46H45F7N6O5.